The minimum Gasteiger partial charge on any atom is -0.480 e. The Labute approximate surface area is 137 Å². The Morgan fingerprint density at radius 3 is 2.52 bits per heavy atom. The number of carboxylic acid groups (broad SMARTS) is 1. The van der Waals surface area contributed by atoms with Gasteiger partial charge in [-0.1, -0.05) is 18.5 Å². The van der Waals surface area contributed by atoms with Crippen LogP contribution in [0.15, 0.2) is 22.7 Å². The molecule has 21 heavy (non-hydrogen) atoms. The van der Waals surface area contributed by atoms with E-state index in [1.807, 2.05) is 0 Å². The Bertz CT molecular complexity index is 568. The summed E-state index contributed by atoms with van der Waals surface area (Å²) in [5.74, 6) is -0.861. The number of halogens is 2. The number of hydrogen-bond acceptors (Lipinski definition) is 2. The number of rotatable bonds is 3. The monoisotopic (exact) mass is 373 g/mol. The topological polar surface area (TPSA) is 66.4 Å². The fourth-order valence-corrected chi connectivity index (χ4v) is 3.47. The van der Waals surface area contributed by atoms with Crippen LogP contribution in [0.3, 0.4) is 0 Å². The average Bonchev–Trinajstić information content (AvgIpc) is 2.41. The lowest BCUT2D eigenvalue weighted by atomic mass is 9.77. The SMILES string of the molecule is CC1CCC(NC(=O)c2ccc(Cl)cc2Br)(C(=O)O)CC1. The molecule has 4 nitrogen and oxygen atoms in total. The maximum Gasteiger partial charge on any atom is 0.329 e. The molecule has 1 aliphatic rings. The van der Waals surface area contributed by atoms with E-state index < -0.39 is 17.4 Å². The molecule has 0 atom stereocenters. The van der Waals surface area contributed by atoms with Crippen LogP contribution in [0.2, 0.25) is 5.02 Å². The van der Waals surface area contributed by atoms with E-state index in [1.54, 1.807) is 18.2 Å². The van der Waals surface area contributed by atoms with Gasteiger partial charge in [-0.3, -0.25) is 4.79 Å². The van der Waals surface area contributed by atoms with Crippen LogP contribution in [0.4, 0.5) is 0 Å². The minimum atomic E-state index is -1.16. The summed E-state index contributed by atoms with van der Waals surface area (Å²) in [6, 6.07) is 4.81. The summed E-state index contributed by atoms with van der Waals surface area (Å²) in [7, 11) is 0. The van der Waals surface area contributed by atoms with Crippen molar-refractivity contribution in [1.29, 1.82) is 0 Å². The lowest BCUT2D eigenvalue weighted by Crippen LogP contribution is -2.56. The number of nitrogens with one attached hydrogen (secondary N) is 1. The third kappa shape index (κ3) is 3.58. The Balaban J connectivity index is 2.21. The summed E-state index contributed by atoms with van der Waals surface area (Å²) in [4.78, 5) is 24.0. The van der Waals surface area contributed by atoms with Crippen LogP contribution in [0.25, 0.3) is 0 Å². The number of carboxylic acids is 1. The summed E-state index contributed by atoms with van der Waals surface area (Å²) in [6.07, 6.45) is 2.52. The van der Waals surface area contributed by atoms with Crippen LogP contribution in [0.1, 0.15) is 43.0 Å². The highest BCUT2D eigenvalue weighted by molar-refractivity contribution is 9.10. The van der Waals surface area contributed by atoms with Gasteiger partial charge >= 0.3 is 5.97 Å². The third-order valence-electron chi connectivity index (χ3n) is 4.07. The summed E-state index contributed by atoms with van der Waals surface area (Å²) >= 11 is 9.14. The number of carbonyl (C=O) groups excluding carboxylic acids is 1. The molecular formula is C15H17BrClNO3. The van der Waals surface area contributed by atoms with Gasteiger partial charge in [0, 0.05) is 9.50 Å². The maximum absolute atomic E-state index is 12.4. The molecule has 0 aromatic heterocycles. The highest BCUT2D eigenvalue weighted by atomic mass is 79.9. The predicted molar refractivity (Wildman–Crippen MR) is 84.6 cm³/mol. The molecule has 0 bridgehead atoms. The molecule has 2 rings (SSSR count). The van der Waals surface area contributed by atoms with E-state index in [1.165, 1.54) is 0 Å². The van der Waals surface area contributed by atoms with Gasteiger partial charge in [-0.25, -0.2) is 4.79 Å². The molecular weight excluding hydrogens is 358 g/mol. The lowest BCUT2D eigenvalue weighted by molar-refractivity contribution is -0.146. The first kappa shape index (κ1) is 16.3. The molecule has 0 unspecified atom stereocenters. The van der Waals surface area contributed by atoms with Crippen molar-refractivity contribution < 1.29 is 14.7 Å². The zero-order chi connectivity index (χ0) is 15.6. The summed E-state index contributed by atoms with van der Waals surface area (Å²) in [5.41, 5.74) is -0.776. The molecule has 0 aliphatic heterocycles. The van der Waals surface area contributed by atoms with Crippen molar-refractivity contribution in [3.05, 3.63) is 33.3 Å². The quantitative estimate of drug-likeness (QED) is 0.844. The van der Waals surface area contributed by atoms with Crippen LogP contribution < -0.4 is 5.32 Å². The van der Waals surface area contributed by atoms with Crippen LogP contribution in [0, 0.1) is 5.92 Å². The van der Waals surface area contributed by atoms with E-state index in [0.29, 0.717) is 33.8 Å². The van der Waals surface area contributed by atoms with Crippen LogP contribution in [-0.4, -0.2) is 22.5 Å². The molecule has 0 heterocycles. The van der Waals surface area contributed by atoms with Gasteiger partial charge in [0.1, 0.15) is 5.54 Å². The molecule has 1 aliphatic carbocycles. The van der Waals surface area contributed by atoms with Crippen molar-refractivity contribution in [2.45, 2.75) is 38.1 Å². The van der Waals surface area contributed by atoms with Crippen LogP contribution >= 0.6 is 27.5 Å². The molecule has 0 spiro atoms. The zero-order valence-corrected chi connectivity index (χ0v) is 14.0. The van der Waals surface area contributed by atoms with E-state index in [-0.39, 0.29) is 0 Å². The molecule has 6 heteroatoms. The highest BCUT2D eigenvalue weighted by Crippen LogP contribution is 2.33. The van der Waals surface area contributed by atoms with E-state index in [9.17, 15) is 14.7 Å². The second-order valence-corrected chi connectivity index (χ2v) is 6.94. The first-order valence-corrected chi connectivity index (χ1v) is 8.02. The summed E-state index contributed by atoms with van der Waals surface area (Å²) < 4.78 is 0.553. The molecule has 1 amide bonds. The number of amides is 1. The number of hydrogen-bond donors (Lipinski definition) is 2. The number of benzene rings is 1. The van der Waals surface area contributed by atoms with Crippen molar-refractivity contribution in [3.8, 4) is 0 Å². The normalized spacial score (nSPS) is 25.4. The molecule has 1 saturated carbocycles. The van der Waals surface area contributed by atoms with Gasteiger partial charge in [0.2, 0.25) is 0 Å². The summed E-state index contributed by atoms with van der Waals surface area (Å²) in [6.45, 7) is 2.10. The van der Waals surface area contributed by atoms with E-state index in [0.717, 1.165) is 12.8 Å². The van der Waals surface area contributed by atoms with E-state index in [2.05, 4.69) is 28.2 Å². The van der Waals surface area contributed by atoms with Crippen LogP contribution in [-0.2, 0) is 4.79 Å². The van der Waals surface area contributed by atoms with Crippen LogP contribution in [0.5, 0.6) is 0 Å². The van der Waals surface area contributed by atoms with E-state index in [4.69, 9.17) is 11.6 Å². The standard InChI is InChI=1S/C15H17BrClNO3/c1-9-4-6-15(7-5-9,14(20)21)18-13(19)11-3-2-10(17)8-12(11)16/h2-3,8-9H,4-7H2,1H3,(H,18,19)(H,20,21). The Hall–Kier alpha value is -1.07. The van der Waals surface area contributed by atoms with Gasteiger partial charge in [-0.05, 0) is 65.7 Å². The lowest BCUT2D eigenvalue weighted by Gasteiger charge is -2.36. The Morgan fingerprint density at radius 1 is 1.38 bits per heavy atom. The molecule has 0 radical (unpaired) electrons. The van der Waals surface area contributed by atoms with Crippen molar-refractivity contribution >= 4 is 39.4 Å². The Kier molecular flexibility index (Phi) is 4.94. The summed E-state index contributed by atoms with van der Waals surface area (Å²) in [5, 5.41) is 12.8. The Morgan fingerprint density at radius 2 is 2.00 bits per heavy atom. The zero-order valence-electron chi connectivity index (χ0n) is 11.7. The predicted octanol–water partition coefficient (Wildman–Crippen LogP) is 3.87. The third-order valence-corrected chi connectivity index (χ3v) is 4.96. The van der Waals surface area contributed by atoms with Gasteiger partial charge in [0.15, 0.2) is 0 Å². The van der Waals surface area contributed by atoms with Gasteiger partial charge in [0.05, 0.1) is 5.56 Å². The van der Waals surface area contributed by atoms with Crippen molar-refractivity contribution in [3.63, 3.8) is 0 Å². The van der Waals surface area contributed by atoms with Gasteiger partial charge in [0.25, 0.3) is 5.91 Å². The second kappa shape index (κ2) is 6.36. The maximum atomic E-state index is 12.4. The molecule has 114 valence electrons. The largest absolute Gasteiger partial charge is 0.480 e. The molecule has 2 N–H and O–H groups in total. The molecule has 0 saturated heterocycles. The number of aliphatic carboxylic acids is 1. The van der Waals surface area contributed by atoms with Gasteiger partial charge < -0.3 is 10.4 Å². The van der Waals surface area contributed by atoms with E-state index >= 15 is 0 Å². The minimum absolute atomic E-state index is 0.388. The fourth-order valence-electron chi connectivity index (χ4n) is 2.61. The van der Waals surface area contributed by atoms with Gasteiger partial charge in [-0.2, -0.15) is 0 Å². The molecule has 1 aromatic carbocycles. The number of carbonyl (C=O) groups is 2. The first-order valence-electron chi connectivity index (χ1n) is 6.85. The fraction of sp³-hybridized carbons (Fsp3) is 0.467. The highest BCUT2D eigenvalue weighted by Gasteiger charge is 2.42. The van der Waals surface area contributed by atoms with Crippen molar-refractivity contribution in [1.82, 2.24) is 5.32 Å². The van der Waals surface area contributed by atoms with Crippen molar-refractivity contribution in [2.24, 2.45) is 5.92 Å². The van der Waals surface area contributed by atoms with Gasteiger partial charge in [-0.15, -0.1) is 0 Å². The molecule has 1 aromatic rings. The molecule has 1 fully saturated rings. The second-order valence-electron chi connectivity index (χ2n) is 5.65. The van der Waals surface area contributed by atoms with Crippen molar-refractivity contribution in [2.75, 3.05) is 0 Å². The smallest absolute Gasteiger partial charge is 0.329 e. The average molecular weight is 375 g/mol. The first-order chi connectivity index (χ1) is 9.84.